The molecule has 0 saturated carbocycles. The minimum absolute atomic E-state index is 0.0394. The van der Waals surface area contributed by atoms with Gasteiger partial charge in [0, 0.05) is 5.75 Å². The van der Waals surface area contributed by atoms with Crippen molar-refractivity contribution in [2.24, 2.45) is 5.73 Å². The Morgan fingerprint density at radius 2 is 2.05 bits per heavy atom. The Hall–Kier alpha value is -1.18. The zero-order valence-corrected chi connectivity index (χ0v) is 12.0. The molecular formula is C12H20N4O2S. The van der Waals surface area contributed by atoms with Crippen LogP contribution < -0.4 is 5.73 Å². The van der Waals surface area contributed by atoms with Gasteiger partial charge < -0.3 is 15.9 Å². The summed E-state index contributed by atoms with van der Waals surface area (Å²) >= 11 is 1.25. The van der Waals surface area contributed by atoms with Crippen LogP contribution >= 0.6 is 11.8 Å². The molecule has 0 bridgehead atoms. The lowest BCUT2D eigenvalue weighted by Gasteiger charge is -2.14. The fourth-order valence-electron chi connectivity index (χ4n) is 1.76. The van der Waals surface area contributed by atoms with Gasteiger partial charge in [-0.1, -0.05) is 13.8 Å². The highest BCUT2D eigenvalue weighted by Crippen LogP contribution is 2.25. The van der Waals surface area contributed by atoms with Crippen molar-refractivity contribution >= 4 is 17.6 Å². The lowest BCUT2D eigenvalue weighted by Crippen LogP contribution is -2.20. The molecule has 0 radical (unpaired) electrons. The number of hydrogen-bond donors (Lipinski definition) is 4. The summed E-state index contributed by atoms with van der Waals surface area (Å²) in [5.74, 6) is 0.252. The van der Waals surface area contributed by atoms with E-state index in [1.807, 2.05) is 13.8 Å². The molecule has 106 valence electrons. The lowest BCUT2D eigenvalue weighted by molar-refractivity contribution is 0.113. The minimum atomic E-state index is -0.817. The van der Waals surface area contributed by atoms with Crippen LogP contribution in [-0.2, 0) is 12.8 Å². The van der Waals surface area contributed by atoms with Gasteiger partial charge in [0.25, 0.3) is 0 Å². The third-order valence-corrected chi connectivity index (χ3v) is 3.82. The van der Waals surface area contributed by atoms with Gasteiger partial charge in [-0.2, -0.15) is 5.10 Å². The van der Waals surface area contributed by atoms with Crippen molar-refractivity contribution < 1.29 is 10.2 Å². The smallest absolute Gasteiger partial charge is 0.130 e. The van der Waals surface area contributed by atoms with E-state index in [0.29, 0.717) is 16.3 Å². The molecule has 0 aromatic carbocycles. The molecule has 7 heteroatoms. The number of aliphatic hydroxyl groups is 2. The molecule has 1 rings (SSSR count). The molecule has 0 aliphatic carbocycles. The maximum Gasteiger partial charge on any atom is 0.130 e. The Balaban J connectivity index is 3.13. The summed E-state index contributed by atoms with van der Waals surface area (Å²) < 4.78 is 0. The monoisotopic (exact) mass is 284 g/mol. The SMILES string of the molecule is CCc1nnc(SCC(O)CO)c(C(=N)N)c1CC. The van der Waals surface area contributed by atoms with Crippen LogP contribution in [0.1, 0.15) is 30.7 Å². The molecule has 0 spiro atoms. The van der Waals surface area contributed by atoms with Crippen LogP contribution in [-0.4, -0.2) is 44.7 Å². The number of rotatable bonds is 7. The normalized spacial score (nSPS) is 12.4. The molecule has 1 unspecified atom stereocenters. The van der Waals surface area contributed by atoms with Gasteiger partial charge in [0.05, 0.1) is 24.0 Å². The first kappa shape index (κ1) is 15.9. The molecule has 1 aromatic rings. The molecule has 0 fully saturated rings. The van der Waals surface area contributed by atoms with Gasteiger partial charge in [-0.15, -0.1) is 16.9 Å². The third kappa shape index (κ3) is 3.89. The average Bonchev–Trinajstić information content (AvgIpc) is 2.42. The summed E-state index contributed by atoms with van der Waals surface area (Å²) in [6, 6.07) is 0. The molecule has 1 atom stereocenters. The van der Waals surface area contributed by atoms with Crippen LogP contribution in [0.4, 0.5) is 0 Å². The Morgan fingerprint density at radius 3 is 2.53 bits per heavy atom. The number of hydrogen-bond acceptors (Lipinski definition) is 6. The number of thioether (sulfide) groups is 1. The first-order valence-corrected chi connectivity index (χ1v) is 7.18. The van der Waals surface area contributed by atoms with Gasteiger partial charge >= 0.3 is 0 Å². The van der Waals surface area contributed by atoms with E-state index in [-0.39, 0.29) is 12.4 Å². The van der Waals surface area contributed by atoms with Crippen LogP contribution in [0.15, 0.2) is 5.03 Å². The molecular weight excluding hydrogens is 264 g/mol. The number of nitrogens with two attached hydrogens (primary N) is 1. The van der Waals surface area contributed by atoms with Crippen LogP contribution in [0.25, 0.3) is 0 Å². The van der Waals surface area contributed by atoms with E-state index >= 15 is 0 Å². The van der Waals surface area contributed by atoms with Crippen molar-refractivity contribution in [2.45, 2.75) is 37.8 Å². The van der Waals surface area contributed by atoms with Gasteiger partial charge in [-0.05, 0) is 18.4 Å². The number of aryl methyl sites for hydroxylation is 1. The molecule has 0 amide bonds. The largest absolute Gasteiger partial charge is 0.394 e. The lowest BCUT2D eigenvalue weighted by atomic mass is 10.0. The Kier molecular flexibility index (Phi) is 6.20. The first-order chi connectivity index (χ1) is 9.04. The van der Waals surface area contributed by atoms with Gasteiger partial charge in [0.1, 0.15) is 10.9 Å². The zero-order valence-electron chi connectivity index (χ0n) is 11.2. The van der Waals surface area contributed by atoms with Crippen molar-refractivity contribution in [1.29, 1.82) is 5.41 Å². The summed E-state index contributed by atoms with van der Waals surface area (Å²) in [6.45, 7) is 3.67. The van der Waals surface area contributed by atoms with Crippen molar-refractivity contribution in [3.8, 4) is 0 Å². The standard InChI is InChI=1S/C12H20N4O2S/c1-3-8-9(4-2)15-16-12(10(8)11(13)14)19-6-7(18)5-17/h7,17-18H,3-6H2,1-2H3,(H3,13,14). The van der Waals surface area contributed by atoms with Crippen LogP contribution in [0.2, 0.25) is 0 Å². The number of aliphatic hydroxyl groups excluding tert-OH is 2. The van der Waals surface area contributed by atoms with Gasteiger partial charge in [-0.3, -0.25) is 5.41 Å². The number of aromatic nitrogens is 2. The first-order valence-electron chi connectivity index (χ1n) is 6.19. The summed E-state index contributed by atoms with van der Waals surface area (Å²) in [7, 11) is 0. The van der Waals surface area contributed by atoms with E-state index in [2.05, 4.69) is 10.2 Å². The average molecular weight is 284 g/mol. The van der Waals surface area contributed by atoms with Crippen LogP contribution in [0, 0.1) is 5.41 Å². The maximum absolute atomic E-state index is 9.37. The van der Waals surface area contributed by atoms with E-state index in [1.165, 1.54) is 11.8 Å². The van der Waals surface area contributed by atoms with Gasteiger partial charge in [0.15, 0.2) is 0 Å². The predicted molar refractivity (Wildman–Crippen MR) is 75.6 cm³/mol. The van der Waals surface area contributed by atoms with E-state index < -0.39 is 6.10 Å². The summed E-state index contributed by atoms with van der Waals surface area (Å²) in [4.78, 5) is 0. The molecule has 0 saturated heterocycles. The van der Waals surface area contributed by atoms with Gasteiger partial charge in [-0.25, -0.2) is 0 Å². The molecule has 1 aromatic heterocycles. The molecule has 6 nitrogen and oxygen atoms in total. The zero-order chi connectivity index (χ0) is 14.4. The number of nitrogen functional groups attached to an aromatic ring is 1. The Bertz CT molecular complexity index is 454. The number of nitrogens with one attached hydrogen (secondary N) is 1. The van der Waals surface area contributed by atoms with Crippen molar-refractivity contribution in [3.63, 3.8) is 0 Å². The third-order valence-electron chi connectivity index (χ3n) is 2.71. The topological polar surface area (TPSA) is 116 Å². The Morgan fingerprint density at radius 1 is 1.37 bits per heavy atom. The second-order valence-corrected chi connectivity index (χ2v) is 5.08. The minimum Gasteiger partial charge on any atom is -0.394 e. The predicted octanol–water partition coefficient (Wildman–Crippen LogP) is 0.331. The molecule has 5 N–H and O–H groups in total. The maximum atomic E-state index is 9.37. The second-order valence-electron chi connectivity index (χ2n) is 4.07. The van der Waals surface area contributed by atoms with E-state index in [9.17, 15) is 5.11 Å². The van der Waals surface area contributed by atoms with Crippen LogP contribution in [0.3, 0.4) is 0 Å². The van der Waals surface area contributed by atoms with Crippen LogP contribution in [0.5, 0.6) is 0 Å². The van der Waals surface area contributed by atoms with Crippen molar-refractivity contribution in [3.05, 3.63) is 16.8 Å². The van der Waals surface area contributed by atoms with E-state index in [1.54, 1.807) is 0 Å². The summed E-state index contributed by atoms with van der Waals surface area (Å²) in [5, 5.41) is 34.7. The van der Waals surface area contributed by atoms with E-state index in [4.69, 9.17) is 16.2 Å². The second kappa shape index (κ2) is 7.42. The molecule has 0 aliphatic heterocycles. The molecule has 19 heavy (non-hydrogen) atoms. The molecule has 0 aliphatic rings. The van der Waals surface area contributed by atoms with E-state index in [0.717, 1.165) is 24.1 Å². The molecule has 1 heterocycles. The fourth-order valence-corrected chi connectivity index (χ4v) is 2.69. The highest BCUT2D eigenvalue weighted by molar-refractivity contribution is 7.99. The quantitative estimate of drug-likeness (QED) is 0.326. The number of amidine groups is 1. The van der Waals surface area contributed by atoms with Crippen molar-refractivity contribution in [2.75, 3.05) is 12.4 Å². The Labute approximate surface area is 116 Å². The highest BCUT2D eigenvalue weighted by atomic mass is 32.2. The number of nitrogens with zero attached hydrogens (tertiary/aromatic N) is 2. The highest BCUT2D eigenvalue weighted by Gasteiger charge is 2.18. The fraction of sp³-hybridized carbons (Fsp3) is 0.583. The summed E-state index contributed by atoms with van der Waals surface area (Å²) in [5.41, 5.74) is 8.03. The van der Waals surface area contributed by atoms with Gasteiger partial charge in [0.2, 0.25) is 0 Å². The summed E-state index contributed by atoms with van der Waals surface area (Å²) in [6.07, 6.45) is 0.646. The van der Waals surface area contributed by atoms with Crippen molar-refractivity contribution in [1.82, 2.24) is 10.2 Å².